The molecule has 6 heteroatoms. The number of carbonyl (C=O) groups is 1. The lowest BCUT2D eigenvalue weighted by Gasteiger charge is -2.11. The number of aryl methyl sites for hydroxylation is 2. The van der Waals surface area contributed by atoms with Crippen molar-refractivity contribution in [1.82, 2.24) is 0 Å². The molecule has 1 heterocycles. The molecule has 0 unspecified atom stereocenters. The van der Waals surface area contributed by atoms with Gasteiger partial charge in [0.05, 0.1) is 7.11 Å². The van der Waals surface area contributed by atoms with Gasteiger partial charge in [-0.2, -0.15) is 0 Å². The van der Waals surface area contributed by atoms with Gasteiger partial charge in [0.25, 0.3) is 5.91 Å². The van der Waals surface area contributed by atoms with Gasteiger partial charge < -0.3 is 14.5 Å². The highest BCUT2D eigenvalue weighted by molar-refractivity contribution is 9.10. The van der Waals surface area contributed by atoms with Gasteiger partial charge in [0.1, 0.15) is 5.56 Å². The third kappa shape index (κ3) is 3.30. The fraction of sp³-hybridized carbons (Fsp3) is 0.158. The maximum absolute atomic E-state index is 12.6. The number of ether oxygens (including phenoxy) is 1. The van der Waals surface area contributed by atoms with Crippen LogP contribution in [0.5, 0.6) is 5.75 Å². The fourth-order valence-corrected chi connectivity index (χ4v) is 3.12. The summed E-state index contributed by atoms with van der Waals surface area (Å²) in [5, 5.41) is 3.40. The summed E-state index contributed by atoms with van der Waals surface area (Å²) >= 11 is 3.38. The molecule has 3 aromatic rings. The van der Waals surface area contributed by atoms with Crippen LogP contribution in [0.4, 0.5) is 5.69 Å². The third-order valence-corrected chi connectivity index (χ3v) is 4.40. The summed E-state index contributed by atoms with van der Waals surface area (Å²) in [6.07, 6.45) is 0. The SMILES string of the molecule is COc1cc(Br)cc2cc(C(=O)Nc3c(C)cccc3C)c(=O)oc12. The zero-order valence-electron chi connectivity index (χ0n) is 14.0. The molecule has 0 saturated carbocycles. The van der Waals surface area contributed by atoms with Gasteiger partial charge in [-0.25, -0.2) is 4.79 Å². The number of rotatable bonds is 3. The summed E-state index contributed by atoms with van der Waals surface area (Å²) in [4.78, 5) is 24.9. The zero-order chi connectivity index (χ0) is 18.1. The summed E-state index contributed by atoms with van der Waals surface area (Å²) in [5.41, 5.74) is 2.07. The first-order chi connectivity index (χ1) is 11.9. The molecule has 0 aliphatic heterocycles. The molecule has 3 rings (SSSR count). The van der Waals surface area contributed by atoms with E-state index in [1.54, 1.807) is 12.1 Å². The second-order valence-corrected chi connectivity index (χ2v) is 6.61. The number of nitrogens with one attached hydrogen (secondary N) is 1. The van der Waals surface area contributed by atoms with Crippen LogP contribution in [-0.2, 0) is 0 Å². The van der Waals surface area contributed by atoms with Crippen LogP contribution in [0.25, 0.3) is 11.0 Å². The molecule has 0 spiro atoms. The van der Waals surface area contributed by atoms with Crippen LogP contribution in [0.3, 0.4) is 0 Å². The highest BCUT2D eigenvalue weighted by Crippen LogP contribution is 2.29. The molecule has 25 heavy (non-hydrogen) atoms. The number of halogens is 1. The van der Waals surface area contributed by atoms with Crippen molar-refractivity contribution in [2.24, 2.45) is 0 Å². The van der Waals surface area contributed by atoms with Crippen molar-refractivity contribution >= 4 is 38.5 Å². The molecular weight excluding hydrogens is 386 g/mol. The van der Waals surface area contributed by atoms with Gasteiger partial charge in [-0.15, -0.1) is 0 Å². The van der Waals surface area contributed by atoms with Crippen LogP contribution in [0.15, 0.2) is 50.1 Å². The van der Waals surface area contributed by atoms with E-state index in [0.29, 0.717) is 22.4 Å². The van der Waals surface area contributed by atoms with E-state index in [4.69, 9.17) is 9.15 Å². The van der Waals surface area contributed by atoms with Gasteiger partial charge in [0.2, 0.25) is 0 Å². The topological polar surface area (TPSA) is 68.5 Å². The molecule has 128 valence electrons. The third-order valence-electron chi connectivity index (χ3n) is 3.95. The maximum Gasteiger partial charge on any atom is 0.349 e. The van der Waals surface area contributed by atoms with Crippen LogP contribution in [0.2, 0.25) is 0 Å². The van der Waals surface area contributed by atoms with E-state index in [1.165, 1.54) is 13.2 Å². The molecule has 0 aliphatic rings. The average molecular weight is 402 g/mol. The molecule has 0 radical (unpaired) electrons. The number of anilines is 1. The molecular formula is C19H16BrNO4. The van der Waals surface area contributed by atoms with Gasteiger partial charge >= 0.3 is 5.63 Å². The molecule has 1 amide bonds. The number of para-hydroxylation sites is 1. The van der Waals surface area contributed by atoms with E-state index in [9.17, 15) is 9.59 Å². The summed E-state index contributed by atoms with van der Waals surface area (Å²) < 4.78 is 11.3. The maximum atomic E-state index is 12.6. The lowest BCUT2D eigenvalue weighted by Crippen LogP contribution is -2.21. The van der Waals surface area contributed by atoms with Crippen molar-refractivity contribution in [3.05, 3.63) is 68.0 Å². The van der Waals surface area contributed by atoms with Gasteiger partial charge in [-0.1, -0.05) is 34.1 Å². The van der Waals surface area contributed by atoms with Crippen molar-refractivity contribution < 1.29 is 13.9 Å². The highest BCUT2D eigenvalue weighted by atomic mass is 79.9. The first-order valence-electron chi connectivity index (χ1n) is 7.59. The predicted octanol–water partition coefficient (Wildman–Crippen LogP) is 4.43. The summed E-state index contributed by atoms with van der Waals surface area (Å²) in [5.74, 6) is -0.0878. The Hall–Kier alpha value is -2.60. The molecule has 0 atom stereocenters. The Labute approximate surface area is 152 Å². The number of amides is 1. The Morgan fingerprint density at radius 3 is 2.48 bits per heavy atom. The van der Waals surface area contributed by atoms with E-state index in [0.717, 1.165) is 15.6 Å². The number of hydrogen-bond acceptors (Lipinski definition) is 4. The highest BCUT2D eigenvalue weighted by Gasteiger charge is 2.17. The zero-order valence-corrected chi connectivity index (χ0v) is 15.6. The Morgan fingerprint density at radius 1 is 1.16 bits per heavy atom. The molecule has 1 N–H and O–H groups in total. The molecule has 5 nitrogen and oxygen atoms in total. The van der Waals surface area contributed by atoms with Crippen LogP contribution in [0.1, 0.15) is 21.5 Å². The van der Waals surface area contributed by atoms with Crippen LogP contribution in [0, 0.1) is 13.8 Å². The monoisotopic (exact) mass is 401 g/mol. The molecule has 1 aromatic heterocycles. The second kappa shape index (κ2) is 6.72. The molecule has 0 fully saturated rings. The van der Waals surface area contributed by atoms with E-state index in [1.807, 2.05) is 32.0 Å². The minimum Gasteiger partial charge on any atom is -0.493 e. The van der Waals surface area contributed by atoms with Gasteiger partial charge in [0.15, 0.2) is 11.3 Å². The number of methoxy groups -OCH3 is 1. The smallest absolute Gasteiger partial charge is 0.349 e. The summed E-state index contributed by atoms with van der Waals surface area (Å²) in [7, 11) is 1.49. The van der Waals surface area contributed by atoms with Crippen molar-refractivity contribution in [2.45, 2.75) is 13.8 Å². The summed E-state index contributed by atoms with van der Waals surface area (Å²) in [6.45, 7) is 3.79. The van der Waals surface area contributed by atoms with E-state index < -0.39 is 11.5 Å². The van der Waals surface area contributed by atoms with Crippen molar-refractivity contribution in [1.29, 1.82) is 0 Å². The van der Waals surface area contributed by atoms with Gasteiger partial charge in [-0.05, 0) is 43.2 Å². The van der Waals surface area contributed by atoms with Crippen molar-refractivity contribution in [3.8, 4) is 5.75 Å². The van der Waals surface area contributed by atoms with E-state index in [-0.39, 0.29) is 5.56 Å². The van der Waals surface area contributed by atoms with E-state index in [2.05, 4.69) is 21.2 Å². The lowest BCUT2D eigenvalue weighted by atomic mass is 10.1. The average Bonchev–Trinajstić information content (AvgIpc) is 2.57. The van der Waals surface area contributed by atoms with Crippen molar-refractivity contribution in [3.63, 3.8) is 0 Å². The van der Waals surface area contributed by atoms with Crippen LogP contribution < -0.4 is 15.7 Å². The van der Waals surface area contributed by atoms with E-state index >= 15 is 0 Å². The second-order valence-electron chi connectivity index (χ2n) is 5.69. The first-order valence-corrected chi connectivity index (χ1v) is 8.39. The number of fused-ring (bicyclic) bond motifs is 1. The quantitative estimate of drug-likeness (QED) is 0.658. The molecule has 0 aliphatic carbocycles. The Balaban J connectivity index is 2.08. The van der Waals surface area contributed by atoms with Crippen molar-refractivity contribution in [2.75, 3.05) is 12.4 Å². The number of carbonyl (C=O) groups excluding carboxylic acids is 1. The Morgan fingerprint density at radius 2 is 1.84 bits per heavy atom. The first kappa shape index (κ1) is 17.2. The van der Waals surface area contributed by atoms with Crippen LogP contribution in [-0.4, -0.2) is 13.0 Å². The Kier molecular flexibility index (Phi) is 4.63. The predicted molar refractivity (Wildman–Crippen MR) is 101 cm³/mol. The minimum atomic E-state index is -0.711. The fourth-order valence-electron chi connectivity index (χ4n) is 2.67. The number of hydrogen-bond donors (Lipinski definition) is 1. The molecule has 2 aromatic carbocycles. The largest absolute Gasteiger partial charge is 0.493 e. The lowest BCUT2D eigenvalue weighted by molar-refractivity contribution is 0.102. The van der Waals surface area contributed by atoms with Gasteiger partial charge in [0, 0.05) is 15.5 Å². The number of benzene rings is 2. The van der Waals surface area contributed by atoms with Gasteiger partial charge in [-0.3, -0.25) is 4.79 Å². The minimum absolute atomic E-state index is 0.0599. The standard InChI is InChI=1S/C19H16BrNO4/c1-10-5-4-6-11(2)16(10)21-18(22)14-8-12-7-13(20)9-15(24-3)17(12)25-19(14)23/h4-9H,1-3H3,(H,21,22). The molecule has 0 bridgehead atoms. The summed E-state index contributed by atoms with van der Waals surface area (Å²) in [6, 6.07) is 10.7. The molecule has 0 saturated heterocycles. The Bertz CT molecular complexity index is 1020. The van der Waals surface area contributed by atoms with Crippen LogP contribution >= 0.6 is 15.9 Å². The normalized spacial score (nSPS) is 10.7.